The van der Waals surface area contributed by atoms with Crippen LogP contribution in [0.1, 0.15) is 11.1 Å². The van der Waals surface area contributed by atoms with Crippen LogP contribution in [0.3, 0.4) is 0 Å². The van der Waals surface area contributed by atoms with Crippen LogP contribution in [-0.4, -0.2) is 5.11 Å². The maximum absolute atomic E-state index is 9.50. The van der Waals surface area contributed by atoms with Crippen LogP contribution in [0.5, 0.6) is 5.75 Å². The van der Waals surface area contributed by atoms with Crippen molar-refractivity contribution in [3.63, 3.8) is 0 Å². The number of phenols is 1. The molecule has 0 radical (unpaired) electrons. The van der Waals surface area contributed by atoms with Crippen LogP contribution < -0.4 is 5.73 Å². The summed E-state index contributed by atoms with van der Waals surface area (Å²) in [5.74, 6) is 0.146. The van der Waals surface area contributed by atoms with Gasteiger partial charge in [-0.05, 0) is 35.7 Å². The number of rotatable bonds is 2. The van der Waals surface area contributed by atoms with Gasteiger partial charge >= 0.3 is 0 Å². The average Bonchev–Trinajstić information content (AvgIpc) is 2.25. The van der Waals surface area contributed by atoms with Crippen molar-refractivity contribution < 1.29 is 5.11 Å². The first kappa shape index (κ1) is 11.0. The Morgan fingerprint density at radius 1 is 1.12 bits per heavy atom. The topological polar surface area (TPSA) is 46.2 Å². The quantitative estimate of drug-likeness (QED) is 0.653. The molecule has 2 rings (SSSR count). The van der Waals surface area contributed by atoms with Gasteiger partial charge in [-0.15, -0.1) is 0 Å². The van der Waals surface area contributed by atoms with Gasteiger partial charge < -0.3 is 10.8 Å². The molecule has 3 N–H and O–H groups in total. The van der Waals surface area contributed by atoms with Crippen molar-refractivity contribution in [2.45, 2.75) is 6.42 Å². The number of aromatic hydroxyl groups is 1. The van der Waals surface area contributed by atoms with Crippen molar-refractivity contribution in [3.05, 3.63) is 58.1 Å². The number of nitrogen functional groups attached to an aromatic ring is 1. The molecule has 0 saturated carbocycles. The Kier molecular flexibility index (Phi) is 3.15. The molecule has 0 aliphatic carbocycles. The molecule has 0 atom stereocenters. The molecule has 82 valence electrons. The molecule has 0 spiro atoms. The molecule has 16 heavy (non-hydrogen) atoms. The zero-order valence-corrected chi connectivity index (χ0v) is 10.2. The minimum absolute atomic E-state index is 0.146. The number of hydrogen-bond acceptors (Lipinski definition) is 2. The number of halogens is 1. The van der Waals surface area contributed by atoms with E-state index in [1.54, 1.807) is 12.1 Å². The van der Waals surface area contributed by atoms with Gasteiger partial charge in [0, 0.05) is 4.47 Å². The summed E-state index contributed by atoms with van der Waals surface area (Å²) in [4.78, 5) is 0. The summed E-state index contributed by atoms with van der Waals surface area (Å²) in [5.41, 5.74) is 8.37. The molecule has 0 aliphatic rings. The van der Waals surface area contributed by atoms with Crippen molar-refractivity contribution in [3.8, 4) is 5.75 Å². The van der Waals surface area contributed by atoms with Gasteiger partial charge in [-0.1, -0.05) is 40.2 Å². The molecule has 0 aromatic heterocycles. The number of anilines is 1. The molecule has 0 heterocycles. The van der Waals surface area contributed by atoms with Crippen LogP contribution in [0.2, 0.25) is 0 Å². The zero-order chi connectivity index (χ0) is 11.5. The van der Waals surface area contributed by atoms with Crippen LogP contribution in [-0.2, 0) is 6.42 Å². The zero-order valence-electron chi connectivity index (χ0n) is 8.65. The molecule has 0 unspecified atom stereocenters. The molecule has 2 aromatic rings. The summed E-state index contributed by atoms with van der Waals surface area (Å²) >= 11 is 3.43. The highest BCUT2D eigenvalue weighted by atomic mass is 79.9. The highest BCUT2D eigenvalue weighted by Gasteiger charge is 2.04. The van der Waals surface area contributed by atoms with E-state index in [0.717, 1.165) is 22.0 Å². The van der Waals surface area contributed by atoms with Crippen molar-refractivity contribution in [1.82, 2.24) is 0 Å². The van der Waals surface area contributed by atoms with Crippen LogP contribution in [0, 0.1) is 0 Å². The van der Waals surface area contributed by atoms with Crippen LogP contribution in [0.4, 0.5) is 5.69 Å². The molecular weight excluding hydrogens is 266 g/mol. The highest BCUT2D eigenvalue weighted by Crippen LogP contribution is 2.26. The second kappa shape index (κ2) is 4.58. The Balaban J connectivity index is 2.31. The standard InChI is InChI=1S/C13H12BrNO/c14-11-5-1-3-9(8-11)7-10-4-2-6-12(16)13(10)15/h1-6,8,16H,7,15H2. The minimum atomic E-state index is 0.146. The third kappa shape index (κ3) is 2.36. The molecule has 0 bridgehead atoms. The predicted molar refractivity (Wildman–Crippen MR) is 69.5 cm³/mol. The van der Waals surface area contributed by atoms with E-state index in [4.69, 9.17) is 5.73 Å². The van der Waals surface area contributed by atoms with Crippen LogP contribution in [0.15, 0.2) is 46.9 Å². The first-order valence-corrected chi connectivity index (χ1v) is 5.77. The summed E-state index contributed by atoms with van der Waals surface area (Å²) in [7, 11) is 0. The van der Waals surface area contributed by atoms with E-state index in [1.807, 2.05) is 30.3 Å². The molecular formula is C13H12BrNO. The van der Waals surface area contributed by atoms with Crippen molar-refractivity contribution in [2.75, 3.05) is 5.73 Å². The van der Waals surface area contributed by atoms with Crippen molar-refractivity contribution >= 4 is 21.6 Å². The van der Waals surface area contributed by atoms with Gasteiger partial charge in [0.1, 0.15) is 5.75 Å². The molecule has 0 saturated heterocycles. The summed E-state index contributed by atoms with van der Waals surface area (Å²) < 4.78 is 1.05. The fraction of sp³-hybridized carbons (Fsp3) is 0.0769. The van der Waals surface area contributed by atoms with Gasteiger partial charge in [-0.2, -0.15) is 0 Å². The summed E-state index contributed by atoms with van der Waals surface area (Å²) in [6.07, 6.45) is 0.722. The number of nitrogens with two attached hydrogens (primary N) is 1. The van der Waals surface area contributed by atoms with Crippen molar-refractivity contribution in [2.24, 2.45) is 0 Å². The summed E-state index contributed by atoms with van der Waals surface area (Å²) in [5, 5.41) is 9.50. The Labute approximate surface area is 103 Å². The third-order valence-electron chi connectivity index (χ3n) is 2.46. The first-order valence-electron chi connectivity index (χ1n) is 4.97. The molecule has 0 amide bonds. The normalized spacial score (nSPS) is 10.3. The van der Waals surface area contributed by atoms with E-state index < -0.39 is 0 Å². The largest absolute Gasteiger partial charge is 0.506 e. The monoisotopic (exact) mass is 277 g/mol. The van der Waals surface area contributed by atoms with E-state index in [2.05, 4.69) is 15.9 Å². The van der Waals surface area contributed by atoms with E-state index in [-0.39, 0.29) is 5.75 Å². The molecule has 0 aliphatic heterocycles. The van der Waals surface area contributed by atoms with Gasteiger partial charge in [0.15, 0.2) is 0 Å². The minimum Gasteiger partial charge on any atom is -0.506 e. The lowest BCUT2D eigenvalue weighted by Gasteiger charge is -2.07. The fourth-order valence-electron chi connectivity index (χ4n) is 1.62. The van der Waals surface area contributed by atoms with Gasteiger partial charge in [-0.3, -0.25) is 0 Å². The fourth-order valence-corrected chi connectivity index (χ4v) is 2.07. The predicted octanol–water partition coefficient (Wildman–Crippen LogP) is 3.33. The smallest absolute Gasteiger partial charge is 0.138 e. The lowest BCUT2D eigenvalue weighted by molar-refractivity contribution is 0.477. The maximum atomic E-state index is 9.50. The van der Waals surface area contributed by atoms with Gasteiger partial charge in [0.2, 0.25) is 0 Å². The van der Waals surface area contributed by atoms with Gasteiger partial charge in [-0.25, -0.2) is 0 Å². The van der Waals surface area contributed by atoms with E-state index >= 15 is 0 Å². The molecule has 2 aromatic carbocycles. The SMILES string of the molecule is Nc1c(O)cccc1Cc1cccc(Br)c1. The second-order valence-electron chi connectivity index (χ2n) is 3.66. The lowest BCUT2D eigenvalue weighted by atomic mass is 10.0. The Morgan fingerprint density at radius 2 is 1.88 bits per heavy atom. The Morgan fingerprint density at radius 3 is 2.62 bits per heavy atom. The Bertz CT molecular complexity index is 511. The highest BCUT2D eigenvalue weighted by molar-refractivity contribution is 9.10. The van der Waals surface area contributed by atoms with Gasteiger partial charge in [0.05, 0.1) is 5.69 Å². The van der Waals surface area contributed by atoms with Gasteiger partial charge in [0.25, 0.3) is 0 Å². The van der Waals surface area contributed by atoms with E-state index in [0.29, 0.717) is 5.69 Å². The number of hydrogen-bond donors (Lipinski definition) is 2. The van der Waals surface area contributed by atoms with Crippen molar-refractivity contribution in [1.29, 1.82) is 0 Å². The van der Waals surface area contributed by atoms with Crippen LogP contribution >= 0.6 is 15.9 Å². The molecule has 0 fully saturated rings. The maximum Gasteiger partial charge on any atom is 0.138 e. The number of para-hydroxylation sites is 1. The average molecular weight is 278 g/mol. The number of phenolic OH excluding ortho intramolecular Hbond substituents is 1. The van der Waals surface area contributed by atoms with E-state index in [9.17, 15) is 5.11 Å². The summed E-state index contributed by atoms with van der Waals surface area (Å²) in [6.45, 7) is 0. The Hall–Kier alpha value is -1.48. The molecule has 2 nitrogen and oxygen atoms in total. The lowest BCUT2D eigenvalue weighted by Crippen LogP contribution is -1.95. The molecule has 3 heteroatoms. The van der Waals surface area contributed by atoms with E-state index in [1.165, 1.54) is 0 Å². The van der Waals surface area contributed by atoms with Crippen LogP contribution in [0.25, 0.3) is 0 Å². The number of benzene rings is 2. The summed E-state index contributed by atoms with van der Waals surface area (Å²) in [6, 6.07) is 13.4. The third-order valence-corrected chi connectivity index (χ3v) is 2.95. The first-order chi connectivity index (χ1) is 7.66. The second-order valence-corrected chi connectivity index (χ2v) is 4.57.